The van der Waals surface area contributed by atoms with Crippen LogP contribution in [0, 0.1) is 18.3 Å². The van der Waals surface area contributed by atoms with Crippen molar-refractivity contribution in [3.63, 3.8) is 0 Å². The standard InChI is InChI=1S/C20H24N5O3P/c1-14-18(29(26,27)28)19(25(23-14)13-7-11-21)22-12-10-17-20(2,3)15-8-5-6-9-16(15)24(17)4/h5-6,8-10,12H,7,13H2,1-4H3,(H2,26,27,28). The molecule has 2 N–H and O–H groups in total. The summed E-state index contributed by atoms with van der Waals surface area (Å²) in [6, 6.07) is 10.2. The molecule has 0 aliphatic carbocycles. The molecule has 0 saturated carbocycles. The van der Waals surface area contributed by atoms with E-state index in [1.165, 1.54) is 23.4 Å². The van der Waals surface area contributed by atoms with Gasteiger partial charge in [0.1, 0.15) is 5.30 Å². The van der Waals surface area contributed by atoms with E-state index < -0.39 is 7.60 Å². The number of allylic oxidation sites excluding steroid dienone is 2. The summed E-state index contributed by atoms with van der Waals surface area (Å²) in [5.41, 5.74) is 3.30. The Morgan fingerprint density at radius 3 is 2.66 bits per heavy atom. The van der Waals surface area contributed by atoms with Crippen LogP contribution in [0.15, 0.2) is 41.0 Å². The lowest BCUT2D eigenvalue weighted by atomic mass is 9.84. The monoisotopic (exact) mass is 413 g/mol. The van der Waals surface area contributed by atoms with Crippen molar-refractivity contribution >= 4 is 30.6 Å². The van der Waals surface area contributed by atoms with E-state index in [4.69, 9.17) is 5.26 Å². The van der Waals surface area contributed by atoms with Crippen molar-refractivity contribution in [1.29, 1.82) is 5.26 Å². The first-order valence-corrected chi connectivity index (χ1v) is 10.8. The number of rotatable bonds is 5. The van der Waals surface area contributed by atoms with E-state index in [0.717, 1.165) is 11.4 Å². The molecule has 1 aromatic heterocycles. The molecule has 1 aliphatic rings. The second kappa shape index (κ2) is 7.60. The van der Waals surface area contributed by atoms with Crippen LogP contribution in [0.2, 0.25) is 0 Å². The highest BCUT2D eigenvalue weighted by Crippen LogP contribution is 2.46. The maximum atomic E-state index is 12.0. The van der Waals surface area contributed by atoms with Crippen LogP contribution >= 0.6 is 7.60 Å². The molecule has 1 aliphatic heterocycles. The molecule has 29 heavy (non-hydrogen) atoms. The van der Waals surface area contributed by atoms with Gasteiger partial charge in [0.15, 0.2) is 5.82 Å². The normalized spacial score (nSPS) is 17.1. The fourth-order valence-electron chi connectivity index (χ4n) is 3.82. The minimum Gasteiger partial charge on any atom is -0.347 e. The molecule has 0 fully saturated rings. The minimum atomic E-state index is -4.57. The predicted octanol–water partition coefficient (Wildman–Crippen LogP) is 2.92. The molecule has 1 aromatic carbocycles. The van der Waals surface area contributed by atoms with Crippen LogP contribution in [-0.4, -0.2) is 32.8 Å². The van der Waals surface area contributed by atoms with Gasteiger partial charge < -0.3 is 14.7 Å². The summed E-state index contributed by atoms with van der Waals surface area (Å²) in [5.74, 6) is 0.0823. The lowest BCUT2D eigenvalue weighted by Gasteiger charge is -2.23. The maximum absolute atomic E-state index is 12.0. The Hall–Kier alpha value is -2.72. The van der Waals surface area contributed by atoms with Crippen molar-refractivity contribution in [3.8, 4) is 6.07 Å². The number of benzene rings is 1. The number of para-hydroxylation sites is 1. The Balaban J connectivity index is 2.03. The van der Waals surface area contributed by atoms with Gasteiger partial charge in [-0.2, -0.15) is 10.4 Å². The molecule has 8 nitrogen and oxygen atoms in total. The minimum absolute atomic E-state index is 0.0823. The van der Waals surface area contributed by atoms with Crippen molar-refractivity contribution in [3.05, 3.63) is 47.3 Å². The number of nitrogens with zero attached hydrogens (tertiary/aromatic N) is 5. The van der Waals surface area contributed by atoms with E-state index >= 15 is 0 Å². The molecule has 0 saturated heterocycles. The number of hydrogen-bond acceptors (Lipinski definition) is 5. The number of hydrogen-bond donors (Lipinski definition) is 2. The van der Waals surface area contributed by atoms with Crippen LogP contribution in [0.5, 0.6) is 0 Å². The van der Waals surface area contributed by atoms with Crippen molar-refractivity contribution < 1.29 is 14.4 Å². The van der Waals surface area contributed by atoms with Crippen LogP contribution in [0.1, 0.15) is 31.5 Å². The highest BCUT2D eigenvalue weighted by Gasteiger charge is 2.37. The molecule has 0 bridgehead atoms. The number of nitriles is 1. The fraction of sp³-hybridized carbons (Fsp3) is 0.350. The third-order valence-corrected chi connectivity index (χ3v) is 6.27. The number of aliphatic imine (C=N–C) groups is 1. The molecular formula is C20H24N5O3P. The summed E-state index contributed by atoms with van der Waals surface area (Å²) in [7, 11) is -2.58. The molecular weight excluding hydrogens is 389 g/mol. The maximum Gasteiger partial charge on any atom is 0.361 e. The molecule has 3 rings (SSSR count). The number of likely N-dealkylation sites (N-methyl/N-ethyl adjacent to an activating group) is 1. The van der Waals surface area contributed by atoms with E-state index in [1.807, 2.05) is 31.3 Å². The number of fused-ring (bicyclic) bond motifs is 1. The average Bonchev–Trinajstić information content (AvgIpc) is 3.06. The predicted molar refractivity (Wildman–Crippen MR) is 113 cm³/mol. The van der Waals surface area contributed by atoms with E-state index in [-0.39, 0.29) is 35.2 Å². The van der Waals surface area contributed by atoms with Gasteiger partial charge in [0, 0.05) is 30.1 Å². The molecule has 0 spiro atoms. The number of aryl methyl sites for hydroxylation is 2. The van der Waals surface area contributed by atoms with Crippen LogP contribution in [0.25, 0.3) is 0 Å². The van der Waals surface area contributed by atoms with Crippen molar-refractivity contribution in [2.75, 3.05) is 11.9 Å². The summed E-state index contributed by atoms with van der Waals surface area (Å²) in [4.78, 5) is 25.9. The first-order valence-electron chi connectivity index (χ1n) is 9.17. The summed E-state index contributed by atoms with van der Waals surface area (Å²) in [6.45, 7) is 5.98. The van der Waals surface area contributed by atoms with E-state index in [0.29, 0.717) is 0 Å². The lowest BCUT2D eigenvalue weighted by Crippen LogP contribution is -2.23. The zero-order chi connectivity index (χ0) is 21.4. The average molecular weight is 413 g/mol. The number of anilines is 1. The molecule has 2 aromatic rings. The van der Waals surface area contributed by atoms with E-state index in [2.05, 4.69) is 41.0 Å². The van der Waals surface area contributed by atoms with Gasteiger partial charge in [-0.3, -0.25) is 4.57 Å². The van der Waals surface area contributed by atoms with Crippen molar-refractivity contribution in [2.45, 2.75) is 39.2 Å². The third-order valence-electron chi connectivity index (χ3n) is 5.17. The highest BCUT2D eigenvalue weighted by atomic mass is 31.2. The second-order valence-electron chi connectivity index (χ2n) is 7.46. The van der Waals surface area contributed by atoms with Crippen LogP contribution in [-0.2, 0) is 16.5 Å². The lowest BCUT2D eigenvalue weighted by molar-refractivity contribution is 0.387. The van der Waals surface area contributed by atoms with E-state index in [9.17, 15) is 14.4 Å². The molecule has 9 heteroatoms. The first-order chi connectivity index (χ1) is 13.6. The zero-order valence-electron chi connectivity index (χ0n) is 16.9. The van der Waals surface area contributed by atoms with Gasteiger partial charge in [-0.05, 0) is 24.6 Å². The van der Waals surface area contributed by atoms with Gasteiger partial charge in [0.05, 0.1) is 24.7 Å². The Bertz CT molecular complexity index is 1090. The SMILES string of the molecule is Cc1nn(CCC#N)c(N=CC=C2N(C)c3ccccc3C2(C)C)c1P(=O)(O)O. The Morgan fingerprint density at radius 2 is 2.03 bits per heavy atom. The highest BCUT2D eigenvalue weighted by molar-refractivity contribution is 7.60. The van der Waals surface area contributed by atoms with Crippen LogP contribution < -0.4 is 10.2 Å². The topological polar surface area (TPSA) is 115 Å². The molecule has 2 heterocycles. The molecule has 0 atom stereocenters. The van der Waals surface area contributed by atoms with Gasteiger partial charge >= 0.3 is 7.60 Å². The van der Waals surface area contributed by atoms with Crippen LogP contribution in [0.3, 0.4) is 0 Å². The van der Waals surface area contributed by atoms with Gasteiger partial charge in [0.2, 0.25) is 0 Å². The summed E-state index contributed by atoms with van der Waals surface area (Å²) < 4.78 is 13.3. The summed E-state index contributed by atoms with van der Waals surface area (Å²) in [5, 5.41) is 12.8. The fourth-order valence-corrected chi connectivity index (χ4v) is 4.72. The Morgan fingerprint density at radius 1 is 1.34 bits per heavy atom. The first kappa shape index (κ1) is 21.0. The van der Waals surface area contributed by atoms with Gasteiger partial charge in [-0.1, -0.05) is 32.0 Å². The Labute approximate surface area is 170 Å². The summed E-state index contributed by atoms with van der Waals surface area (Å²) in [6.07, 6.45) is 3.55. The number of aromatic nitrogens is 2. The molecule has 0 amide bonds. The van der Waals surface area contributed by atoms with Gasteiger partial charge in [0.25, 0.3) is 0 Å². The molecule has 0 radical (unpaired) electrons. The molecule has 0 unspecified atom stereocenters. The smallest absolute Gasteiger partial charge is 0.347 e. The largest absolute Gasteiger partial charge is 0.361 e. The quantitative estimate of drug-likeness (QED) is 0.575. The molecule has 152 valence electrons. The van der Waals surface area contributed by atoms with E-state index in [1.54, 1.807) is 0 Å². The van der Waals surface area contributed by atoms with Crippen LogP contribution in [0.4, 0.5) is 11.5 Å². The second-order valence-corrected chi connectivity index (χ2v) is 9.00. The van der Waals surface area contributed by atoms with Gasteiger partial charge in [-0.25, -0.2) is 9.67 Å². The summed E-state index contributed by atoms with van der Waals surface area (Å²) >= 11 is 0. The third kappa shape index (κ3) is 3.77. The van der Waals surface area contributed by atoms with Gasteiger partial charge in [-0.15, -0.1) is 0 Å². The van der Waals surface area contributed by atoms with Crippen molar-refractivity contribution in [2.24, 2.45) is 4.99 Å². The Kier molecular flexibility index (Phi) is 5.50. The zero-order valence-corrected chi connectivity index (χ0v) is 17.8. The van der Waals surface area contributed by atoms with Crippen molar-refractivity contribution in [1.82, 2.24) is 9.78 Å².